The smallest absolute Gasteiger partial charge is 0.310 e. The number of fused-ring (bicyclic) bond motifs is 1. The van der Waals surface area contributed by atoms with Crippen LogP contribution in [0.4, 0.5) is 0 Å². The van der Waals surface area contributed by atoms with E-state index in [4.69, 9.17) is 0 Å². The van der Waals surface area contributed by atoms with E-state index in [-0.39, 0.29) is 0 Å². The zero-order chi connectivity index (χ0) is 14.0. The minimum Gasteiger partial charge on any atom is -0.481 e. The molecule has 2 aliphatic rings. The van der Waals surface area contributed by atoms with E-state index in [0.29, 0.717) is 5.92 Å². The molecule has 0 aromatic rings. The van der Waals surface area contributed by atoms with Crippen molar-refractivity contribution in [1.29, 1.82) is 0 Å². The van der Waals surface area contributed by atoms with E-state index in [0.717, 1.165) is 23.1 Å². The second kappa shape index (κ2) is 5.43. The van der Waals surface area contributed by atoms with Gasteiger partial charge in [-0.2, -0.15) is 0 Å². The van der Waals surface area contributed by atoms with E-state index in [2.05, 4.69) is 32.0 Å². The number of hydrogen-bond donors (Lipinski definition) is 1. The SMILES string of the molecule is CC(C)Cc1ccc2ccccc(C(C)C(=O)O)c1-2. The summed E-state index contributed by atoms with van der Waals surface area (Å²) in [6.45, 7) is 6.12. The molecule has 0 radical (unpaired) electrons. The van der Waals surface area contributed by atoms with Crippen LogP contribution in [0.15, 0.2) is 36.4 Å². The van der Waals surface area contributed by atoms with Gasteiger partial charge in [0, 0.05) is 0 Å². The lowest BCUT2D eigenvalue weighted by molar-refractivity contribution is -0.138. The minimum atomic E-state index is -0.774. The molecule has 0 spiro atoms. The third-order valence-electron chi connectivity index (χ3n) is 3.49. The zero-order valence-corrected chi connectivity index (χ0v) is 11.7. The predicted octanol–water partition coefficient (Wildman–Crippen LogP) is 4.18. The van der Waals surface area contributed by atoms with Crippen molar-refractivity contribution >= 4 is 5.97 Å². The molecule has 0 heterocycles. The number of carbonyl (C=O) groups is 1. The van der Waals surface area contributed by atoms with Gasteiger partial charge in [0.1, 0.15) is 0 Å². The molecule has 0 aromatic carbocycles. The molecule has 1 atom stereocenters. The Kier molecular flexibility index (Phi) is 3.89. The number of carboxylic acid groups (broad SMARTS) is 1. The van der Waals surface area contributed by atoms with Gasteiger partial charge in [-0.3, -0.25) is 4.79 Å². The highest BCUT2D eigenvalue weighted by atomic mass is 16.4. The fourth-order valence-corrected chi connectivity index (χ4v) is 2.54. The maximum Gasteiger partial charge on any atom is 0.310 e. The van der Waals surface area contributed by atoms with Gasteiger partial charge in [0.15, 0.2) is 0 Å². The Morgan fingerprint density at radius 1 is 1.11 bits per heavy atom. The largest absolute Gasteiger partial charge is 0.481 e. The van der Waals surface area contributed by atoms with Crippen LogP contribution in [0.3, 0.4) is 0 Å². The monoisotopic (exact) mass is 256 g/mol. The summed E-state index contributed by atoms with van der Waals surface area (Å²) in [5.41, 5.74) is 4.41. The summed E-state index contributed by atoms with van der Waals surface area (Å²) in [5, 5.41) is 9.29. The fourth-order valence-electron chi connectivity index (χ4n) is 2.54. The van der Waals surface area contributed by atoms with Crippen LogP contribution in [-0.2, 0) is 11.2 Å². The van der Waals surface area contributed by atoms with Crippen LogP contribution in [0.25, 0.3) is 11.1 Å². The summed E-state index contributed by atoms with van der Waals surface area (Å²) < 4.78 is 0. The van der Waals surface area contributed by atoms with Crippen molar-refractivity contribution in [3.05, 3.63) is 47.5 Å². The van der Waals surface area contributed by atoms with Gasteiger partial charge in [0.2, 0.25) is 0 Å². The van der Waals surface area contributed by atoms with E-state index in [9.17, 15) is 9.90 Å². The van der Waals surface area contributed by atoms with Gasteiger partial charge in [-0.05, 0) is 41.5 Å². The second-order valence-corrected chi connectivity index (χ2v) is 5.52. The number of hydrogen-bond acceptors (Lipinski definition) is 1. The van der Waals surface area contributed by atoms with Crippen LogP contribution in [0.5, 0.6) is 0 Å². The topological polar surface area (TPSA) is 37.3 Å². The molecule has 100 valence electrons. The molecule has 0 aliphatic heterocycles. The van der Waals surface area contributed by atoms with Gasteiger partial charge in [-0.15, -0.1) is 0 Å². The Morgan fingerprint density at radius 2 is 1.79 bits per heavy atom. The highest BCUT2D eigenvalue weighted by Crippen LogP contribution is 2.35. The Bertz CT molecular complexity index is 557. The van der Waals surface area contributed by atoms with Crippen LogP contribution >= 0.6 is 0 Å². The van der Waals surface area contributed by atoms with Gasteiger partial charge < -0.3 is 5.11 Å². The van der Waals surface area contributed by atoms with Crippen LogP contribution < -0.4 is 0 Å². The molecule has 2 nitrogen and oxygen atoms in total. The molecule has 0 saturated heterocycles. The molecule has 1 unspecified atom stereocenters. The summed E-state index contributed by atoms with van der Waals surface area (Å²) in [5.74, 6) is -0.698. The van der Waals surface area contributed by atoms with Gasteiger partial charge in [-0.25, -0.2) is 0 Å². The predicted molar refractivity (Wildman–Crippen MR) is 77.7 cm³/mol. The van der Waals surface area contributed by atoms with Crippen molar-refractivity contribution in [1.82, 2.24) is 0 Å². The van der Waals surface area contributed by atoms with Crippen molar-refractivity contribution < 1.29 is 9.90 Å². The lowest BCUT2D eigenvalue weighted by Gasteiger charge is -2.13. The molecule has 0 bridgehead atoms. The number of carboxylic acids is 1. The normalized spacial score (nSPS) is 12.8. The van der Waals surface area contributed by atoms with Crippen LogP contribution in [0, 0.1) is 5.92 Å². The summed E-state index contributed by atoms with van der Waals surface area (Å²) in [6.07, 6.45) is 0.979. The molecule has 0 aromatic heterocycles. The van der Waals surface area contributed by atoms with E-state index in [1.165, 1.54) is 5.56 Å². The average Bonchev–Trinajstić information content (AvgIpc) is 2.60. The first-order chi connectivity index (χ1) is 9.00. The Labute approximate surface area is 114 Å². The molecule has 1 N–H and O–H groups in total. The molecule has 0 fully saturated rings. The first-order valence-corrected chi connectivity index (χ1v) is 6.74. The van der Waals surface area contributed by atoms with Crippen LogP contribution in [0.2, 0.25) is 0 Å². The van der Waals surface area contributed by atoms with Crippen molar-refractivity contribution in [3.63, 3.8) is 0 Å². The maximum atomic E-state index is 11.3. The maximum absolute atomic E-state index is 11.3. The summed E-state index contributed by atoms with van der Waals surface area (Å²) in [7, 11) is 0. The molecule has 2 heteroatoms. The summed E-state index contributed by atoms with van der Waals surface area (Å²) in [4.78, 5) is 11.3. The highest BCUT2D eigenvalue weighted by molar-refractivity contribution is 5.83. The standard InChI is InChI=1S/C17H20O2/c1-11(2)10-14-9-8-13-6-4-5-7-15(16(13)14)12(3)17(18)19/h4-9,11-12H,10H2,1-3H3,(H,18,19). The van der Waals surface area contributed by atoms with E-state index >= 15 is 0 Å². The molecule has 2 rings (SSSR count). The van der Waals surface area contributed by atoms with E-state index in [1.807, 2.05) is 18.2 Å². The first-order valence-electron chi connectivity index (χ1n) is 6.74. The average molecular weight is 256 g/mol. The van der Waals surface area contributed by atoms with Gasteiger partial charge in [0.05, 0.1) is 5.92 Å². The molecule has 2 aliphatic carbocycles. The first kappa shape index (κ1) is 13.6. The third kappa shape index (κ3) is 2.78. The van der Waals surface area contributed by atoms with Crippen LogP contribution in [-0.4, -0.2) is 11.1 Å². The Balaban J connectivity index is 2.60. The highest BCUT2D eigenvalue weighted by Gasteiger charge is 2.21. The molecule has 19 heavy (non-hydrogen) atoms. The zero-order valence-electron chi connectivity index (χ0n) is 11.7. The van der Waals surface area contributed by atoms with Gasteiger partial charge in [0.25, 0.3) is 0 Å². The number of aliphatic carboxylic acids is 1. The van der Waals surface area contributed by atoms with E-state index in [1.54, 1.807) is 6.92 Å². The molecular weight excluding hydrogens is 236 g/mol. The van der Waals surface area contributed by atoms with Gasteiger partial charge >= 0.3 is 5.97 Å². The van der Waals surface area contributed by atoms with Crippen molar-refractivity contribution in [3.8, 4) is 11.1 Å². The quantitative estimate of drug-likeness (QED) is 0.891. The van der Waals surface area contributed by atoms with Crippen LogP contribution in [0.1, 0.15) is 37.8 Å². The van der Waals surface area contributed by atoms with Crippen molar-refractivity contribution in [2.75, 3.05) is 0 Å². The summed E-state index contributed by atoms with van der Waals surface area (Å²) in [6, 6.07) is 12.1. The molecule has 0 amide bonds. The lowest BCUT2D eigenvalue weighted by Crippen LogP contribution is -2.08. The van der Waals surface area contributed by atoms with Crippen molar-refractivity contribution in [2.24, 2.45) is 5.92 Å². The minimum absolute atomic E-state index is 0.483. The fraction of sp³-hybridized carbons (Fsp3) is 0.353. The Morgan fingerprint density at radius 3 is 2.42 bits per heavy atom. The third-order valence-corrected chi connectivity index (χ3v) is 3.49. The lowest BCUT2D eigenvalue weighted by atomic mass is 9.91. The van der Waals surface area contributed by atoms with Crippen molar-refractivity contribution in [2.45, 2.75) is 33.1 Å². The summed E-state index contributed by atoms with van der Waals surface area (Å²) >= 11 is 0. The number of rotatable bonds is 4. The molecule has 0 saturated carbocycles. The molecular formula is C17H20O2. The van der Waals surface area contributed by atoms with Gasteiger partial charge in [-0.1, -0.05) is 50.2 Å². The van der Waals surface area contributed by atoms with E-state index < -0.39 is 11.9 Å². The second-order valence-electron chi connectivity index (χ2n) is 5.52. The Hall–Kier alpha value is -1.83.